The summed E-state index contributed by atoms with van der Waals surface area (Å²) in [5, 5.41) is 2.90. The highest BCUT2D eigenvalue weighted by Crippen LogP contribution is 2.28. The van der Waals surface area contributed by atoms with E-state index >= 15 is 0 Å². The number of amides is 1. The Balaban J connectivity index is 1.97. The van der Waals surface area contributed by atoms with E-state index in [2.05, 4.69) is 21.2 Å². The molecule has 1 unspecified atom stereocenters. The molecule has 0 radical (unpaired) electrons. The van der Waals surface area contributed by atoms with Crippen molar-refractivity contribution >= 4 is 21.8 Å². The van der Waals surface area contributed by atoms with E-state index in [0.717, 1.165) is 26.9 Å². The van der Waals surface area contributed by atoms with Gasteiger partial charge < -0.3 is 10.1 Å². The summed E-state index contributed by atoms with van der Waals surface area (Å²) in [4.78, 5) is 12.2. The average molecular weight is 362 g/mol. The number of hydrogen-bond donors (Lipinski definition) is 1. The van der Waals surface area contributed by atoms with Crippen molar-refractivity contribution in [2.24, 2.45) is 0 Å². The molecule has 1 amide bonds. The summed E-state index contributed by atoms with van der Waals surface area (Å²) < 4.78 is 6.86. The maximum absolute atomic E-state index is 12.2. The van der Waals surface area contributed by atoms with E-state index in [0.29, 0.717) is 6.54 Å². The van der Waals surface area contributed by atoms with Crippen LogP contribution in [0.5, 0.6) is 5.75 Å². The van der Waals surface area contributed by atoms with Gasteiger partial charge in [-0.1, -0.05) is 46.3 Å². The van der Waals surface area contributed by atoms with Crippen molar-refractivity contribution in [3.63, 3.8) is 0 Å². The van der Waals surface area contributed by atoms with E-state index in [-0.39, 0.29) is 5.91 Å². The van der Waals surface area contributed by atoms with Crippen molar-refractivity contribution in [2.75, 3.05) is 0 Å². The number of hydrogen-bond acceptors (Lipinski definition) is 2. The van der Waals surface area contributed by atoms with E-state index in [9.17, 15) is 4.79 Å². The van der Waals surface area contributed by atoms with Crippen LogP contribution in [0, 0.1) is 13.8 Å². The molecule has 0 aliphatic rings. The Morgan fingerprint density at radius 3 is 2.36 bits per heavy atom. The summed E-state index contributed by atoms with van der Waals surface area (Å²) in [5.74, 6) is 0.649. The zero-order valence-corrected chi connectivity index (χ0v) is 14.6. The third kappa shape index (κ3) is 4.34. The minimum absolute atomic E-state index is 0.120. The van der Waals surface area contributed by atoms with Gasteiger partial charge in [-0.15, -0.1) is 0 Å². The predicted octanol–water partition coefficient (Wildman–Crippen LogP) is 4.15. The second-order valence-electron chi connectivity index (χ2n) is 5.33. The summed E-state index contributed by atoms with van der Waals surface area (Å²) in [5.41, 5.74) is 3.09. The minimum Gasteiger partial charge on any atom is -0.480 e. The maximum atomic E-state index is 12.2. The smallest absolute Gasteiger partial charge is 0.261 e. The van der Waals surface area contributed by atoms with Gasteiger partial charge in [-0.05, 0) is 49.6 Å². The van der Waals surface area contributed by atoms with Crippen LogP contribution in [0.25, 0.3) is 0 Å². The number of ether oxygens (including phenoxy) is 1. The van der Waals surface area contributed by atoms with Gasteiger partial charge in [0.1, 0.15) is 5.75 Å². The Hall–Kier alpha value is -1.81. The molecule has 0 saturated carbocycles. The van der Waals surface area contributed by atoms with Gasteiger partial charge in [0.2, 0.25) is 0 Å². The van der Waals surface area contributed by atoms with Crippen LogP contribution in [0.4, 0.5) is 0 Å². The minimum atomic E-state index is -0.540. The second kappa shape index (κ2) is 7.45. The summed E-state index contributed by atoms with van der Waals surface area (Å²) in [6.45, 7) is 6.22. The van der Waals surface area contributed by atoms with E-state index in [1.807, 2.05) is 56.3 Å². The van der Waals surface area contributed by atoms with Crippen molar-refractivity contribution in [3.8, 4) is 5.75 Å². The van der Waals surface area contributed by atoms with Crippen LogP contribution in [0.15, 0.2) is 46.9 Å². The normalized spacial score (nSPS) is 11.8. The highest BCUT2D eigenvalue weighted by Gasteiger charge is 2.16. The molecule has 2 aromatic rings. The molecule has 0 fully saturated rings. The molecule has 1 N–H and O–H groups in total. The molecule has 1 atom stereocenters. The molecule has 22 heavy (non-hydrogen) atoms. The molecule has 2 aromatic carbocycles. The molecule has 0 aliphatic carbocycles. The fourth-order valence-electron chi connectivity index (χ4n) is 2.24. The lowest BCUT2D eigenvalue weighted by atomic mass is 10.1. The first kappa shape index (κ1) is 16.6. The molecule has 0 spiro atoms. The number of carbonyl (C=O) groups excluding carboxylic acids is 1. The highest BCUT2D eigenvalue weighted by atomic mass is 79.9. The van der Waals surface area contributed by atoms with Crippen molar-refractivity contribution < 1.29 is 9.53 Å². The lowest BCUT2D eigenvalue weighted by Crippen LogP contribution is -2.36. The topological polar surface area (TPSA) is 38.3 Å². The van der Waals surface area contributed by atoms with Crippen LogP contribution in [0.1, 0.15) is 23.6 Å². The van der Waals surface area contributed by atoms with Gasteiger partial charge in [0.25, 0.3) is 5.91 Å². The summed E-state index contributed by atoms with van der Waals surface area (Å²) in [6, 6.07) is 13.8. The van der Waals surface area contributed by atoms with E-state index in [1.54, 1.807) is 6.92 Å². The molecule has 4 heteroatoms. The molecule has 0 bridgehead atoms. The quantitative estimate of drug-likeness (QED) is 0.868. The van der Waals surface area contributed by atoms with Crippen molar-refractivity contribution in [3.05, 3.63) is 63.6 Å². The molecular formula is C18H20BrNO2. The number of nitrogens with one attached hydrogen (secondary N) is 1. The maximum Gasteiger partial charge on any atom is 0.261 e. The Morgan fingerprint density at radius 1 is 1.18 bits per heavy atom. The van der Waals surface area contributed by atoms with Crippen LogP contribution in [0.2, 0.25) is 0 Å². The van der Waals surface area contributed by atoms with Gasteiger partial charge in [0.05, 0.1) is 0 Å². The zero-order chi connectivity index (χ0) is 16.1. The summed E-state index contributed by atoms with van der Waals surface area (Å²) in [7, 11) is 0. The Kier molecular flexibility index (Phi) is 5.61. The second-order valence-corrected chi connectivity index (χ2v) is 6.25. The van der Waals surface area contributed by atoms with Crippen LogP contribution < -0.4 is 10.1 Å². The molecule has 0 heterocycles. The first-order chi connectivity index (χ1) is 10.5. The van der Waals surface area contributed by atoms with Crippen LogP contribution >= 0.6 is 15.9 Å². The molecule has 0 aromatic heterocycles. The van der Waals surface area contributed by atoms with Crippen LogP contribution in [0.3, 0.4) is 0 Å². The van der Waals surface area contributed by atoms with Crippen LogP contribution in [-0.4, -0.2) is 12.0 Å². The van der Waals surface area contributed by atoms with Gasteiger partial charge in [0, 0.05) is 11.0 Å². The molecule has 0 aliphatic heterocycles. The molecule has 0 saturated heterocycles. The van der Waals surface area contributed by atoms with E-state index in [1.165, 1.54) is 0 Å². The van der Waals surface area contributed by atoms with Gasteiger partial charge in [0.15, 0.2) is 6.10 Å². The van der Waals surface area contributed by atoms with Crippen LogP contribution in [-0.2, 0) is 11.3 Å². The SMILES string of the molecule is Cc1cc(Br)cc(C)c1OC(C)C(=O)NCc1ccccc1. The fourth-order valence-corrected chi connectivity index (χ4v) is 2.93. The number of halogens is 1. The largest absolute Gasteiger partial charge is 0.480 e. The van der Waals surface area contributed by atoms with Gasteiger partial charge >= 0.3 is 0 Å². The summed E-state index contributed by atoms with van der Waals surface area (Å²) in [6.07, 6.45) is -0.540. The Bertz CT molecular complexity index is 632. The average Bonchev–Trinajstić information content (AvgIpc) is 2.49. The number of benzene rings is 2. The molecule has 116 valence electrons. The predicted molar refractivity (Wildman–Crippen MR) is 92.0 cm³/mol. The van der Waals surface area contributed by atoms with Gasteiger partial charge in [-0.3, -0.25) is 4.79 Å². The highest BCUT2D eigenvalue weighted by molar-refractivity contribution is 9.10. The number of rotatable bonds is 5. The number of aryl methyl sites for hydroxylation is 2. The molecular weight excluding hydrogens is 342 g/mol. The lowest BCUT2D eigenvalue weighted by Gasteiger charge is -2.18. The monoisotopic (exact) mass is 361 g/mol. The lowest BCUT2D eigenvalue weighted by molar-refractivity contribution is -0.127. The Labute approximate surface area is 139 Å². The molecule has 2 rings (SSSR count). The van der Waals surface area contributed by atoms with Crippen molar-refractivity contribution in [1.82, 2.24) is 5.32 Å². The number of carbonyl (C=O) groups is 1. The first-order valence-corrected chi connectivity index (χ1v) is 8.01. The van der Waals surface area contributed by atoms with Crippen molar-refractivity contribution in [1.29, 1.82) is 0 Å². The van der Waals surface area contributed by atoms with Gasteiger partial charge in [-0.25, -0.2) is 0 Å². The first-order valence-electron chi connectivity index (χ1n) is 7.22. The third-order valence-electron chi connectivity index (χ3n) is 3.40. The standard InChI is InChI=1S/C18H20BrNO2/c1-12-9-16(19)10-13(2)17(12)22-14(3)18(21)20-11-15-7-5-4-6-8-15/h4-10,14H,11H2,1-3H3,(H,20,21). The Morgan fingerprint density at radius 2 is 1.77 bits per heavy atom. The van der Waals surface area contributed by atoms with Crippen molar-refractivity contribution in [2.45, 2.75) is 33.4 Å². The van der Waals surface area contributed by atoms with E-state index in [4.69, 9.17) is 4.74 Å². The summed E-state index contributed by atoms with van der Waals surface area (Å²) >= 11 is 3.46. The van der Waals surface area contributed by atoms with E-state index < -0.39 is 6.10 Å². The zero-order valence-electron chi connectivity index (χ0n) is 13.0. The third-order valence-corrected chi connectivity index (χ3v) is 3.86. The fraction of sp³-hybridized carbons (Fsp3) is 0.278. The molecule has 3 nitrogen and oxygen atoms in total. The van der Waals surface area contributed by atoms with Gasteiger partial charge in [-0.2, -0.15) is 0 Å².